The summed E-state index contributed by atoms with van der Waals surface area (Å²) in [6.45, 7) is 0.214. The van der Waals surface area contributed by atoms with E-state index in [1.54, 1.807) is 0 Å². The number of hydrogen-bond donors (Lipinski definition) is 2. The second-order valence-corrected chi connectivity index (χ2v) is 7.01. The largest absolute Gasteiger partial charge is 0.481 e. The van der Waals surface area contributed by atoms with E-state index in [1.807, 2.05) is 0 Å². The van der Waals surface area contributed by atoms with Crippen LogP contribution in [0.25, 0.3) is 0 Å². The second kappa shape index (κ2) is 5.49. The minimum absolute atomic E-state index is 0.0511. The summed E-state index contributed by atoms with van der Waals surface area (Å²) >= 11 is 0. The molecule has 0 aliphatic carbocycles. The van der Waals surface area contributed by atoms with Crippen molar-refractivity contribution >= 4 is 21.9 Å². The van der Waals surface area contributed by atoms with Crippen LogP contribution in [0.4, 0.5) is 0 Å². The predicted octanol–water partition coefficient (Wildman–Crippen LogP) is -0.391. The van der Waals surface area contributed by atoms with Gasteiger partial charge in [0, 0.05) is 26.3 Å². The maximum atomic E-state index is 12.5. The molecule has 0 saturated carbocycles. The first-order valence-electron chi connectivity index (χ1n) is 6.42. The van der Waals surface area contributed by atoms with Crippen molar-refractivity contribution in [2.75, 3.05) is 13.1 Å². The van der Waals surface area contributed by atoms with Crippen LogP contribution in [0.5, 0.6) is 0 Å². The number of nitrogens with zero attached hydrogens (tertiary/aromatic N) is 2. The second-order valence-electron chi connectivity index (χ2n) is 5.08. The Balaban J connectivity index is 2.31. The van der Waals surface area contributed by atoms with E-state index in [1.165, 1.54) is 23.9 Å². The zero-order valence-corrected chi connectivity index (χ0v) is 12.3. The van der Waals surface area contributed by atoms with Gasteiger partial charge in [-0.3, -0.25) is 9.59 Å². The van der Waals surface area contributed by atoms with Crippen molar-refractivity contribution in [2.45, 2.75) is 17.7 Å². The lowest BCUT2D eigenvalue weighted by molar-refractivity contribution is -0.142. The Morgan fingerprint density at radius 2 is 2.10 bits per heavy atom. The monoisotopic (exact) mass is 315 g/mol. The Bertz CT molecular complexity index is 679. The van der Waals surface area contributed by atoms with E-state index >= 15 is 0 Å². The number of nitrogens with two attached hydrogens (primary N) is 1. The number of primary amides is 1. The number of aliphatic carboxylic acids is 1. The highest BCUT2D eigenvalue weighted by Gasteiger charge is 2.34. The normalized spacial score (nSPS) is 20.3. The molecule has 21 heavy (non-hydrogen) atoms. The summed E-state index contributed by atoms with van der Waals surface area (Å²) in [5, 5.41) is 9.03. The molecule has 1 fully saturated rings. The van der Waals surface area contributed by atoms with Gasteiger partial charge in [0.1, 0.15) is 10.6 Å². The van der Waals surface area contributed by atoms with Crippen molar-refractivity contribution in [3.63, 3.8) is 0 Å². The number of aryl methyl sites for hydroxylation is 1. The molecule has 0 aromatic carbocycles. The molecule has 0 spiro atoms. The van der Waals surface area contributed by atoms with E-state index in [9.17, 15) is 18.0 Å². The first-order chi connectivity index (χ1) is 9.73. The number of carbonyl (C=O) groups is 2. The quantitative estimate of drug-likeness (QED) is 0.783. The molecule has 3 N–H and O–H groups in total. The van der Waals surface area contributed by atoms with Gasteiger partial charge >= 0.3 is 5.97 Å². The fourth-order valence-corrected chi connectivity index (χ4v) is 4.03. The van der Waals surface area contributed by atoms with E-state index < -0.39 is 27.8 Å². The van der Waals surface area contributed by atoms with Gasteiger partial charge in [-0.25, -0.2) is 8.42 Å². The van der Waals surface area contributed by atoms with Crippen LogP contribution in [0.15, 0.2) is 17.2 Å². The van der Waals surface area contributed by atoms with Crippen LogP contribution in [-0.2, 0) is 21.9 Å². The number of aromatic nitrogens is 1. The molecule has 1 aliphatic heterocycles. The summed E-state index contributed by atoms with van der Waals surface area (Å²) in [4.78, 5) is 22.2. The van der Waals surface area contributed by atoms with Crippen molar-refractivity contribution < 1.29 is 23.1 Å². The van der Waals surface area contributed by atoms with E-state index in [-0.39, 0.29) is 23.7 Å². The third-order valence-electron chi connectivity index (χ3n) is 3.60. The Kier molecular flexibility index (Phi) is 4.06. The number of carboxylic acids is 1. The van der Waals surface area contributed by atoms with Crippen LogP contribution in [0.2, 0.25) is 0 Å². The fraction of sp³-hybridized carbons (Fsp3) is 0.500. The standard InChI is InChI=1S/C12H17N3O5S/c1-14-7-9(5-10(14)11(13)16)21(19,20)15-4-2-3-8(6-15)12(17)18/h5,7-8H,2-4,6H2,1H3,(H2,13,16)(H,17,18)/t8-/m1/s1. The average Bonchev–Trinajstić information content (AvgIpc) is 2.82. The number of piperidine rings is 1. The molecule has 0 radical (unpaired) electrons. The molecule has 1 aliphatic rings. The minimum atomic E-state index is -3.82. The number of carbonyl (C=O) groups excluding carboxylic acids is 1. The highest BCUT2D eigenvalue weighted by Crippen LogP contribution is 2.25. The minimum Gasteiger partial charge on any atom is -0.481 e. The molecule has 1 aromatic heterocycles. The van der Waals surface area contributed by atoms with Gasteiger partial charge in [-0.2, -0.15) is 4.31 Å². The number of carboxylic acid groups (broad SMARTS) is 1. The van der Waals surface area contributed by atoms with E-state index in [4.69, 9.17) is 10.8 Å². The molecular weight excluding hydrogens is 298 g/mol. The van der Waals surface area contributed by atoms with Crippen molar-refractivity contribution in [1.82, 2.24) is 8.87 Å². The van der Waals surface area contributed by atoms with Crippen LogP contribution >= 0.6 is 0 Å². The molecule has 2 rings (SSSR count). The van der Waals surface area contributed by atoms with Gasteiger partial charge in [0.2, 0.25) is 10.0 Å². The van der Waals surface area contributed by atoms with Crippen LogP contribution in [0, 0.1) is 5.92 Å². The molecule has 0 bridgehead atoms. The van der Waals surface area contributed by atoms with Gasteiger partial charge < -0.3 is 15.4 Å². The molecule has 0 unspecified atom stereocenters. The number of amides is 1. The van der Waals surface area contributed by atoms with Gasteiger partial charge in [0.05, 0.1) is 5.92 Å². The Morgan fingerprint density at radius 3 is 2.62 bits per heavy atom. The lowest BCUT2D eigenvalue weighted by Crippen LogP contribution is -2.42. The van der Waals surface area contributed by atoms with Crippen LogP contribution in [0.3, 0.4) is 0 Å². The summed E-state index contributed by atoms with van der Waals surface area (Å²) in [5.74, 6) is -2.42. The summed E-state index contributed by atoms with van der Waals surface area (Å²) < 4.78 is 27.5. The zero-order valence-electron chi connectivity index (χ0n) is 11.5. The Labute approximate surface area is 122 Å². The lowest BCUT2D eigenvalue weighted by Gasteiger charge is -2.29. The zero-order chi connectivity index (χ0) is 15.8. The van der Waals surface area contributed by atoms with E-state index in [0.29, 0.717) is 12.8 Å². The predicted molar refractivity (Wildman–Crippen MR) is 73.0 cm³/mol. The first-order valence-corrected chi connectivity index (χ1v) is 7.86. The average molecular weight is 315 g/mol. The van der Waals surface area contributed by atoms with Crippen molar-refractivity contribution in [3.05, 3.63) is 18.0 Å². The van der Waals surface area contributed by atoms with Gasteiger partial charge in [0.25, 0.3) is 5.91 Å². The highest BCUT2D eigenvalue weighted by molar-refractivity contribution is 7.89. The maximum Gasteiger partial charge on any atom is 0.307 e. The third kappa shape index (κ3) is 2.93. The number of sulfonamides is 1. The molecule has 1 aromatic rings. The van der Waals surface area contributed by atoms with Gasteiger partial charge in [-0.05, 0) is 18.9 Å². The SMILES string of the molecule is Cn1cc(S(=O)(=O)N2CCC[C@@H](C(=O)O)C2)cc1C(N)=O. The van der Waals surface area contributed by atoms with E-state index in [0.717, 1.165) is 4.31 Å². The Morgan fingerprint density at radius 1 is 1.43 bits per heavy atom. The maximum absolute atomic E-state index is 12.5. The third-order valence-corrected chi connectivity index (χ3v) is 5.43. The van der Waals surface area contributed by atoms with Crippen molar-refractivity contribution in [2.24, 2.45) is 18.7 Å². The number of hydrogen-bond acceptors (Lipinski definition) is 4. The van der Waals surface area contributed by atoms with Gasteiger partial charge in [0.15, 0.2) is 0 Å². The molecule has 8 nitrogen and oxygen atoms in total. The molecule has 9 heteroatoms. The molecular formula is C12H17N3O5S. The first kappa shape index (κ1) is 15.5. The molecule has 116 valence electrons. The smallest absolute Gasteiger partial charge is 0.307 e. The summed E-state index contributed by atoms with van der Waals surface area (Å²) in [6, 6.07) is 1.21. The van der Waals surface area contributed by atoms with E-state index in [2.05, 4.69) is 0 Å². The fourth-order valence-electron chi connectivity index (χ4n) is 2.43. The Hall–Kier alpha value is -1.87. The highest BCUT2D eigenvalue weighted by atomic mass is 32.2. The molecule has 1 amide bonds. The molecule has 1 saturated heterocycles. The van der Waals surface area contributed by atoms with Crippen LogP contribution < -0.4 is 5.73 Å². The lowest BCUT2D eigenvalue weighted by atomic mass is 10.0. The van der Waals surface area contributed by atoms with Crippen LogP contribution in [-0.4, -0.2) is 47.4 Å². The molecule has 1 atom stereocenters. The summed E-state index contributed by atoms with van der Waals surface area (Å²) in [5.41, 5.74) is 5.25. The molecule has 2 heterocycles. The van der Waals surface area contributed by atoms with Crippen molar-refractivity contribution in [1.29, 1.82) is 0 Å². The summed E-state index contributed by atoms with van der Waals surface area (Å²) in [7, 11) is -2.30. The van der Waals surface area contributed by atoms with Crippen molar-refractivity contribution in [3.8, 4) is 0 Å². The van der Waals surface area contributed by atoms with Crippen LogP contribution in [0.1, 0.15) is 23.3 Å². The van der Waals surface area contributed by atoms with Gasteiger partial charge in [-0.15, -0.1) is 0 Å². The van der Waals surface area contributed by atoms with Gasteiger partial charge in [-0.1, -0.05) is 0 Å². The topological polar surface area (TPSA) is 123 Å². The summed E-state index contributed by atoms with van der Waals surface area (Å²) in [6.07, 6.45) is 2.26. The number of rotatable bonds is 4.